The molecule has 0 saturated carbocycles. The lowest BCUT2D eigenvalue weighted by Crippen LogP contribution is -2.04. The number of aromatic nitrogens is 2. The van der Waals surface area contributed by atoms with E-state index in [2.05, 4.69) is 15.5 Å². The molecule has 0 unspecified atom stereocenters. The Labute approximate surface area is 100 Å². The fraction of sp³-hybridized carbons (Fsp3) is 0.250. The third-order valence-corrected chi connectivity index (χ3v) is 3.17. The molecule has 80 valence electrons. The van der Waals surface area contributed by atoms with Gasteiger partial charge >= 0.3 is 0 Å². The van der Waals surface area contributed by atoms with Gasteiger partial charge in [0.05, 0.1) is 16.4 Å². The van der Waals surface area contributed by atoms with Crippen LogP contribution in [0.3, 0.4) is 0 Å². The molecule has 0 aliphatic carbocycles. The molecular formula is C8H7Cl2N3OS. The van der Waals surface area contributed by atoms with Crippen LogP contribution in [0.5, 0.6) is 0 Å². The van der Waals surface area contributed by atoms with Crippen molar-refractivity contribution in [2.75, 3.05) is 7.05 Å². The average Bonchev–Trinajstić information content (AvgIpc) is 2.73. The fourth-order valence-corrected chi connectivity index (χ4v) is 2.52. The molecule has 0 aliphatic heterocycles. The highest BCUT2D eigenvalue weighted by Gasteiger charge is 2.14. The van der Waals surface area contributed by atoms with E-state index < -0.39 is 0 Å². The Morgan fingerprint density at radius 1 is 1.47 bits per heavy atom. The minimum atomic E-state index is 0.397. The van der Waals surface area contributed by atoms with Crippen LogP contribution in [0.2, 0.25) is 8.67 Å². The van der Waals surface area contributed by atoms with Crippen LogP contribution in [0, 0.1) is 0 Å². The topological polar surface area (TPSA) is 51.0 Å². The number of halogens is 2. The Morgan fingerprint density at radius 2 is 2.27 bits per heavy atom. The van der Waals surface area contributed by atoms with Crippen molar-refractivity contribution in [3.8, 4) is 11.5 Å². The van der Waals surface area contributed by atoms with E-state index in [9.17, 15) is 0 Å². The van der Waals surface area contributed by atoms with E-state index >= 15 is 0 Å². The summed E-state index contributed by atoms with van der Waals surface area (Å²) in [5, 5.41) is 10.7. The van der Waals surface area contributed by atoms with Gasteiger partial charge in [-0.2, -0.15) is 0 Å². The van der Waals surface area contributed by atoms with Crippen LogP contribution in [0.25, 0.3) is 11.5 Å². The smallest absolute Gasteiger partial charge is 0.250 e. The highest BCUT2D eigenvalue weighted by atomic mass is 35.5. The summed E-state index contributed by atoms with van der Waals surface area (Å²) in [6.45, 7) is 0.530. The van der Waals surface area contributed by atoms with Crippen molar-refractivity contribution in [2.24, 2.45) is 0 Å². The van der Waals surface area contributed by atoms with Crippen molar-refractivity contribution < 1.29 is 4.42 Å². The number of nitrogens with one attached hydrogen (secondary N) is 1. The van der Waals surface area contributed by atoms with E-state index in [0.717, 1.165) is 0 Å². The maximum Gasteiger partial charge on any atom is 0.250 e. The minimum absolute atomic E-state index is 0.397. The Hall–Kier alpha value is -0.620. The zero-order valence-corrected chi connectivity index (χ0v) is 10.1. The average molecular weight is 264 g/mol. The van der Waals surface area contributed by atoms with Gasteiger partial charge in [-0.3, -0.25) is 0 Å². The normalized spacial score (nSPS) is 10.9. The monoisotopic (exact) mass is 263 g/mol. The molecule has 2 heterocycles. The Morgan fingerprint density at radius 3 is 2.87 bits per heavy atom. The second-order valence-electron chi connectivity index (χ2n) is 2.77. The van der Waals surface area contributed by atoms with E-state index in [-0.39, 0.29) is 0 Å². The van der Waals surface area contributed by atoms with Crippen LogP contribution < -0.4 is 5.32 Å². The van der Waals surface area contributed by atoms with Crippen molar-refractivity contribution in [1.29, 1.82) is 0 Å². The van der Waals surface area contributed by atoms with Crippen molar-refractivity contribution in [2.45, 2.75) is 6.54 Å². The molecule has 2 rings (SSSR count). The van der Waals surface area contributed by atoms with E-state index in [1.54, 1.807) is 13.1 Å². The van der Waals surface area contributed by atoms with Gasteiger partial charge in [0.15, 0.2) is 0 Å². The molecule has 0 spiro atoms. The summed E-state index contributed by atoms with van der Waals surface area (Å²) in [5.74, 6) is 0.916. The molecule has 0 amide bonds. The molecule has 2 aromatic heterocycles. The van der Waals surface area contributed by atoms with E-state index in [4.69, 9.17) is 27.6 Å². The SMILES string of the molecule is CNCc1nnc(-c2cc(Cl)sc2Cl)o1. The number of hydrogen-bond acceptors (Lipinski definition) is 5. The summed E-state index contributed by atoms with van der Waals surface area (Å²) < 4.78 is 6.54. The van der Waals surface area contributed by atoms with Crippen LogP contribution in [-0.4, -0.2) is 17.2 Å². The molecule has 2 aromatic rings. The zero-order chi connectivity index (χ0) is 10.8. The molecule has 0 atom stereocenters. The van der Waals surface area contributed by atoms with E-state index in [0.29, 0.717) is 32.6 Å². The van der Waals surface area contributed by atoms with Crippen LogP contribution in [0.15, 0.2) is 10.5 Å². The number of rotatable bonds is 3. The van der Waals surface area contributed by atoms with E-state index in [1.807, 2.05) is 0 Å². The first-order valence-electron chi connectivity index (χ1n) is 4.13. The minimum Gasteiger partial charge on any atom is -0.419 e. The first-order valence-corrected chi connectivity index (χ1v) is 5.70. The molecule has 7 heteroatoms. The summed E-state index contributed by atoms with van der Waals surface area (Å²) in [4.78, 5) is 0. The van der Waals surface area contributed by atoms with Crippen molar-refractivity contribution in [3.05, 3.63) is 20.6 Å². The van der Waals surface area contributed by atoms with Crippen LogP contribution in [-0.2, 0) is 6.54 Å². The first kappa shape index (κ1) is 10.9. The summed E-state index contributed by atoms with van der Waals surface area (Å²) in [7, 11) is 1.80. The molecule has 0 saturated heterocycles. The van der Waals surface area contributed by atoms with Gasteiger partial charge in [-0.25, -0.2) is 0 Å². The van der Waals surface area contributed by atoms with E-state index in [1.165, 1.54) is 11.3 Å². The molecule has 0 bridgehead atoms. The van der Waals surface area contributed by atoms with Gasteiger partial charge in [-0.05, 0) is 13.1 Å². The Bertz CT molecular complexity index is 468. The van der Waals surface area contributed by atoms with Gasteiger partial charge in [-0.1, -0.05) is 23.2 Å². The molecule has 0 fully saturated rings. The molecule has 0 aromatic carbocycles. The largest absolute Gasteiger partial charge is 0.419 e. The molecule has 15 heavy (non-hydrogen) atoms. The Balaban J connectivity index is 2.32. The summed E-state index contributed by atoms with van der Waals surface area (Å²) in [5.41, 5.74) is 0.682. The lowest BCUT2D eigenvalue weighted by molar-refractivity contribution is 0.490. The quantitative estimate of drug-likeness (QED) is 0.926. The van der Waals surface area contributed by atoms with Crippen molar-refractivity contribution in [1.82, 2.24) is 15.5 Å². The van der Waals surface area contributed by atoms with Crippen molar-refractivity contribution >= 4 is 34.5 Å². The van der Waals surface area contributed by atoms with Gasteiger partial charge < -0.3 is 9.73 Å². The second-order valence-corrected chi connectivity index (χ2v) is 5.05. The molecular weight excluding hydrogens is 257 g/mol. The lowest BCUT2D eigenvalue weighted by atomic mass is 10.3. The summed E-state index contributed by atoms with van der Waals surface area (Å²) in [6.07, 6.45) is 0. The van der Waals surface area contributed by atoms with Crippen LogP contribution in [0.1, 0.15) is 5.89 Å². The zero-order valence-electron chi connectivity index (χ0n) is 7.75. The molecule has 1 N–H and O–H groups in total. The van der Waals surface area contributed by atoms with Gasteiger partial charge in [-0.15, -0.1) is 21.5 Å². The lowest BCUT2D eigenvalue weighted by Gasteiger charge is -1.90. The fourth-order valence-electron chi connectivity index (χ4n) is 1.07. The van der Waals surface area contributed by atoms with Gasteiger partial charge in [0, 0.05) is 0 Å². The van der Waals surface area contributed by atoms with Crippen molar-refractivity contribution in [3.63, 3.8) is 0 Å². The highest BCUT2D eigenvalue weighted by Crippen LogP contribution is 2.37. The third kappa shape index (κ3) is 2.31. The molecule has 0 aliphatic rings. The maximum atomic E-state index is 5.96. The maximum absolute atomic E-state index is 5.96. The second kappa shape index (κ2) is 4.49. The first-order chi connectivity index (χ1) is 7.20. The summed E-state index contributed by atoms with van der Waals surface area (Å²) in [6, 6.07) is 1.71. The number of thiophene rings is 1. The predicted molar refractivity (Wildman–Crippen MR) is 60.4 cm³/mol. The van der Waals surface area contributed by atoms with Gasteiger partial charge in [0.2, 0.25) is 11.8 Å². The highest BCUT2D eigenvalue weighted by molar-refractivity contribution is 7.20. The van der Waals surface area contributed by atoms with Crippen LogP contribution >= 0.6 is 34.5 Å². The number of nitrogens with zero attached hydrogens (tertiary/aromatic N) is 2. The molecule has 4 nitrogen and oxygen atoms in total. The molecule has 0 radical (unpaired) electrons. The summed E-state index contributed by atoms with van der Waals surface area (Å²) >= 11 is 13.0. The standard InChI is InChI=1S/C8H7Cl2N3OS/c1-11-3-6-12-13-8(14-6)4-2-5(9)15-7(4)10/h2,11H,3H2,1H3. The van der Waals surface area contributed by atoms with Gasteiger partial charge in [0.1, 0.15) is 4.34 Å². The van der Waals surface area contributed by atoms with Gasteiger partial charge in [0.25, 0.3) is 0 Å². The third-order valence-electron chi connectivity index (χ3n) is 1.68. The van der Waals surface area contributed by atoms with Crippen LogP contribution in [0.4, 0.5) is 0 Å². The predicted octanol–water partition coefficient (Wildman–Crippen LogP) is 2.82. The number of hydrogen-bond donors (Lipinski definition) is 1. The Kier molecular flexibility index (Phi) is 3.25.